The lowest BCUT2D eigenvalue weighted by Crippen LogP contribution is -2.39. The Morgan fingerprint density at radius 3 is 2.67 bits per heavy atom. The fourth-order valence-corrected chi connectivity index (χ4v) is 2.69. The van der Waals surface area contributed by atoms with Gasteiger partial charge in [0.1, 0.15) is 5.60 Å². The first-order valence-corrected chi connectivity index (χ1v) is 8.40. The van der Waals surface area contributed by atoms with Gasteiger partial charge in [-0.3, -0.25) is 0 Å². The van der Waals surface area contributed by atoms with Gasteiger partial charge in [0.15, 0.2) is 0 Å². The van der Waals surface area contributed by atoms with Crippen LogP contribution >= 0.6 is 0 Å². The summed E-state index contributed by atoms with van der Waals surface area (Å²) in [7, 11) is 0. The van der Waals surface area contributed by atoms with Crippen LogP contribution in [-0.4, -0.2) is 35.8 Å². The smallest absolute Gasteiger partial charge is 0.410 e. The molecule has 24 heavy (non-hydrogen) atoms. The first-order valence-electron chi connectivity index (χ1n) is 8.40. The number of amides is 1. The quantitative estimate of drug-likeness (QED) is 0.847. The van der Waals surface area contributed by atoms with E-state index in [1.165, 1.54) is 0 Å². The van der Waals surface area contributed by atoms with Crippen molar-refractivity contribution in [3.05, 3.63) is 35.9 Å². The number of nitrogens with zero attached hydrogens (tertiary/aromatic N) is 2. The minimum atomic E-state index is -0.533. The van der Waals surface area contributed by atoms with Crippen LogP contribution in [0.3, 0.4) is 0 Å². The van der Waals surface area contributed by atoms with Crippen molar-refractivity contribution in [2.24, 2.45) is 5.92 Å². The van der Waals surface area contributed by atoms with Crippen molar-refractivity contribution in [3.63, 3.8) is 0 Å². The van der Waals surface area contributed by atoms with Gasteiger partial charge in [-0.1, -0.05) is 30.3 Å². The van der Waals surface area contributed by atoms with Crippen molar-refractivity contribution in [2.75, 3.05) is 13.1 Å². The van der Waals surface area contributed by atoms with Crippen molar-refractivity contribution in [1.82, 2.24) is 4.90 Å². The number of carbonyl (C=O) groups is 1. The first kappa shape index (κ1) is 18.3. The summed E-state index contributed by atoms with van der Waals surface area (Å²) in [6.07, 6.45) is 0.973. The van der Waals surface area contributed by atoms with Gasteiger partial charge < -0.3 is 14.4 Å². The van der Waals surface area contributed by atoms with Crippen LogP contribution in [-0.2, 0) is 16.1 Å². The van der Waals surface area contributed by atoms with Gasteiger partial charge >= 0.3 is 6.09 Å². The van der Waals surface area contributed by atoms with Crippen LogP contribution in [0, 0.1) is 17.2 Å². The van der Waals surface area contributed by atoms with E-state index in [2.05, 4.69) is 6.07 Å². The summed E-state index contributed by atoms with van der Waals surface area (Å²) in [5, 5.41) is 9.37. The molecule has 0 radical (unpaired) electrons. The zero-order valence-electron chi connectivity index (χ0n) is 14.7. The van der Waals surface area contributed by atoms with E-state index in [1.807, 2.05) is 51.1 Å². The van der Waals surface area contributed by atoms with Crippen LogP contribution in [0.5, 0.6) is 0 Å². The van der Waals surface area contributed by atoms with Gasteiger partial charge in [-0.25, -0.2) is 4.79 Å². The van der Waals surface area contributed by atoms with Gasteiger partial charge in [0.25, 0.3) is 0 Å². The number of hydrogen-bond acceptors (Lipinski definition) is 4. The van der Waals surface area contributed by atoms with Crippen LogP contribution in [0.1, 0.15) is 39.2 Å². The van der Waals surface area contributed by atoms with E-state index in [9.17, 15) is 10.1 Å². The van der Waals surface area contributed by atoms with Gasteiger partial charge in [-0.2, -0.15) is 5.26 Å². The van der Waals surface area contributed by atoms with E-state index in [1.54, 1.807) is 4.90 Å². The van der Waals surface area contributed by atoms with Crippen molar-refractivity contribution in [1.29, 1.82) is 5.26 Å². The lowest BCUT2D eigenvalue weighted by Gasteiger charge is -2.27. The van der Waals surface area contributed by atoms with Crippen molar-refractivity contribution >= 4 is 6.09 Å². The molecular weight excluding hydrogens is 304 g/mol. The molecule has 2 unspecified atom stereocenters. The molecule has 0 aromatic heterocycles. The average molecular weight is 330 g/mol. The summed E-state index contributed by atoms with van der Waals surface area (Å²) < 4.78 is 11.4. The standard InChI is InChI=1S/C19H26N2O3/c1-19(2,3)24-18(22)21-10-9-17(11-16(12-20)13-21)23-14-15-7-5-4-6-8-15/h4-8,16-17H,9-11,13-14H2,1-3H3. The van der Waals surface area contributed by atoms with Crippen LogP contribution in [0.25, 0.3) is 0 Å². The van der Waals surface area contributed by atoms with Crippen molar-refractivity contribution in [3.8, 4) is 6.07 Å². The fraction of sp³-hybridized carbons (Fsp3) is 0.579. The molecule has 1 saturated heterocycles. The Morgan fingerprint density at radius 2 is 2.04 bits per heavy atom. The molecule has 5 heteroatoms. The number of hydrogen-bond donors (Lipinski definition) is 0. The number of ether oxygens (including phenoxy) is 2. The zero-order valence-corrected chi connectivity index (χ0v) is 14.7. The molecule has 1 aliphatic heterocycles. The van der Waals surface area contributed by atoms with Gasteiger partial charge in [0, 0.05) is 13.1 Å². The highest BCUT2D eigenvalue weighted by Crippen LogP contribution is 2.22. The second-order valence-corrected chi connectivity index (χ2v) is 7.20. The number of likely N-dealkylation sites (tertiary alicyclic amines) is 1. The molecule has 130 valence electrons. The molecule has 0 bridgehead atoms. The number of benzene rings is 1. The molecule has 1 aliphatic rings. The van der Waals surface area contributed by atoms with E-state index in [0.29, 0.717) is 32.5 Å². The second-order valence-electron chi connectivity index (χ2n) is 7.20. The molecule has 1 fully saturated rings. The molecule has 0 spiro atoms. The number of carbonyl (C=O) groups excluding carboxylic acids is 1. The minimum absolute atomic E-state index is 0.0257. The Labute approximate surface area is 144 Å². The molecule has 0 aliphatic carbocycles. The van der Waals surface area contributed by atoms with E-state index in [-0.39, 0.29) is 18.1 Å². The van der Waals surface area contributed by atoms with Gasteiger partial charge in [-0.05, 0) is 39.2 Å². The molecule has 2 rings (SSSR count). The highest BCUT2D eigenvalue weighted by Gasteiger charge is 2.30. The van der Waals surface area contributed by atoms with Gasteiger partial charge in [-0.15, -0.1) is 0 Å². The first-order chi connectivity index (χ1) is 11.4. The predicted octanol–water partition coefficient (Wildman–Crippen LogP) is 3.74. The minimum Gasteiger partial charge on any atom is -0.444 e. The van der Waals surface area contributed by atoms with E-state index in [4.69, 9.17) is 9.47 Å². The van der Waals surface area contributed by atoms with Crippen molar-refractivity contribution < 1.29 is 14.3 Å². The van der Waals surface area contributed by atoms with E-state index in [0.717, 1.165) is 5.56 Å². The molecule has 0 saturated carbocycles. The maximum Gasteiger partial charge on any atom is 0.410 e. The Bertz CT molecular complexity index is 575. The van der Waals surface area contributed by atoms with Crippen LogP contribution in [0.4, 0.5) is 4.79 Å². The van der Waals surface area contributed by atoms with Gasteiger partial charge in [0.05, 0.1) is 24.7 Å². The number of nitriles is 1. The second kappa shape index (κ2) is 8.16. The normalized spacial score (nSPS) is 21.7. The summed E-state index contributed by atoms with van der Waals surface area (Å²) in [6, 6.07) is 12.3. The molecule has 0 N–H and O–H groups in total. The van der Waals surface area contributed by atoms with E-state index < -0.39 is 5.60 Å². The SMILES string of the molecule is CC(C)(C)OC(=O)N1CCC(OCc2ccccc2)CC(C#N)C1. The van der Waals surface area contributed by atoms with E-state index >= 15 is 0 Å². The summed E-state index contributed by atoms with van der Waals surface area (Å²) >= 11 is 0. The molecule has 2 atom stereocenters. The molecule has 1 heterocycles. The largest absolute Gasteiger partial charge is 0.444 e. The highest BCUT2D eigenvalue weighted by molar-refractivity contribution is 5.68. The van der Waals surface area contributed by atoms with Crippen LogP contribution in [0.15, 0.2) is 30.3 Å². The third-order valence-electron chi connectivity index (χ3n) is 3.87. The van der Waals surface area contributed by atoms with Gasteiger partial charge in [0.2, 0.25) is 0 Å². The lowest BCUT2D eigenvalue weighted by atomic mass is 10.0. The Morgan fingerprint density at radius 1 is 1.33 bits per heavy atom. The summed E-state index contributed by atoms with van der Waals surface area (Å²) in [5.74, 6) is -0.235. The zero-order chi connectivity index (χ0) is 17.6. The summed E-state index contributed by atoms with van der Waals surface area (Å²) in [4.78, 5) is 13.9. The molecule has 1 aromatic rings. The average Bonchev–Trinajstić information content (AvgIpc) is 2.75. The molecular formula is C19H26N2O3. The summed E-state index contributed by atoms with van der Waals surface area (Å²) in [5.41, 5.74) is 0.577. The van der Waals surface area contributed by atoms with Crippen molar-refractivity contribution in [2.45, 2.75) is 51.9 Å². The maximum absolute atomic E-state index is 12.3. The molecule has 5 nitrogen and oxygen atoms in total. The Balaban J connectivity index is 1.93. The Hall–Kier alpha value is -2.06. The lowest BCUT2D eigenvalue weighted by molar-refractivity contribution is 0.0192. The number of rotatable bonds is 3. The fourth-order valence-electron chi connectivity index (χ4n) is 2.69. The summed E-state index contributed by atoms with van der Waals surface area (Å²) in [6.45, 7) is 7.00. The Kier molecular flexibility index (Phi) is 6.22. The third-order valence-corrected chi connectivity index (χ3v) is 3.87. The monoisotopic (exact) mass is 330 g/mol. The third kappa shape index (κ3) is 5.86. The van der Waals surface area contributed by atoms with Crippen LogP contribution in [0.2, 0.25) is 0 Å². The highest BCUT2D eigenvalue weighted by atomic mass is 16.6. The van der Waals surface area contributed by atoms with Crippen LogP contribution < -0.4 is 0 Å². The topological polar surface area (TPSA) is 62.6 Å². The predicted molar refractivity (Wildman–Crippen MR) is 91.2 cm³/mol. The molecule has 1 aromatic carbocycles. The molecule has 1 amide bonds. The maximum atomic E-state index is 12.3.